The molecule has 4 heterocycles. The molecule has 2 aliphatic carbocycles. The van der Waals surface area contributed by atoms with Crippen LogP contribution in [0.1, 0.15) is 105 Å². The third-order valence-electron chi connectivity index (χ3n) is 12.8. The van der Waals surface area contributed by atoms with Crippen molar-refractivity contribution in [3.05, 3.63) is 11.3 Å². The van der Waals surface area contributed by atoms with Crippen LogP contribution in [0.3, 0.4) is 0 Å². The Morgan fingerprint density at radius 3 is 2.17 bits per heavy atom. The first-order valence-electron chi connectivity index (χ1n) is 18.4. The summed E-state index contributed by atoms with van der Waals surface area (Å²) >= 11 is 0. The lowest BCUT2D eigenvalue weighted by Gasteiger charge is -2.57. The van der Waals surface area contributed by atoms with Gasteiger partial charge in [-0.15, -0.1) is 0 Å². The summed E-state index contributed by atoms with van der Waals surface area (Å²) < 4.78 is 78.6. The van der Waals surface area contributed by atoms with Gasteiger partial charge in [0.15, 0.2) is 18.4 Å². The highest BCUT2D eigenvalue weighted by molar-refractivity contribution is 5.27. The third kappa shape index (κ3) is 6.71. The summed E-state index contributed by atoms with van der Waals surface area (Å²) in [6.07, 6.45) is -0.148. The first kappa shape index (κ1) is 36.8. The Labute approximate surface area is 282 Å². The van der Waals surface area contributed by atoms with Crippen LogP contribution in [0.4, 0.5) is 13.2 Å². The van der Waals surface area contributed by atoms with Gasteiger partial charge in [-0.1, -0.05) is 20.8 Å². The topological polar surface area (TPSA) is 116 Å². The first-order valence-corrected chi connectivity index (χ1v) is 18.4. The van der Waals surface area contributed by atoms with E-state index in [2.05, 4.69) is 13.8 Å². The number of ether oxygens (including phenoxy) is 6. The molecule has 0 amide bonds. The van der Waals surface area contributed by atoms with Crippen molar-refractivity contribution in [1.82, 2.24) is 0 Å². The van der Waals surface area contributed by atoms with Crippen LogP contribution in [-0.2, 0) is 28.4 Å². The van der Waals surface area contributed by atoms with Crippen molar-refractivity contribution in [2.75, 3.05) is 19.8 Å². The van der Waals surface area contributed by atoms with E-state index in [0.717, 1.165) is 32.1 Å². The Morgan fingerprint density at radius 2 is 1.44 bits per heavy atom. The Bertz CT molecular complexity index is 1160. The molecule has 0 aromatic heterocycles. The Kier molecular flexibility index (Phi) is 10.6. The quantitative estimate of drug-likeness (QED) is 0.244. The Hall–Kier alpha value is -0.990. The molecule has 3 N–H and O–H groups in total. The van der Waals surface area contributed by atoms with Crippen LogP contribution in [0.25, 0.3) is 0 Å². The van der Waals surface area contributed by atoms with Crippen molar-refractivity contribution < 1.29 is 56.9 Å². The maximum Gasteiger partial charge on any atom is 0.449 e. The van der Waals surface area contributed by atoms with Crippen molar-refractivity contribution >= 4 is 0 Å². The minimum absolute atomic E-state index is 0.000955. The van der Waals surface area contributed by atoms with E-state index in [-0.39, 0.29) is 60.9 Å². The molecule has 5 fully saturated rings. The number of aliphatic hydroxyl groups is 3. The van der Waals surface area contributed by atoms with E-state index in [1.165, 1.54) is 6.92 Å². The molecule has 12 heteroatoms. The fourth-order valence-electron chi connectivity index (χ4n) is 10.2. The number of hydrogen-bond donors (Lipinski definition) is 3. The fraction of sp³-hybridized carbons (Fsp3) is 0.944. The molecule has 0 aromatic rings. The van der Waals surface area contributed by atoms with E-state index in [1.54, 1.807) is 0 Å². The second kappa shape index (κ2) is 13.9. The molecule has 4 aliphatic heterocycles. The van der Waals surface area contributed by atoms with Gasteiger partial charge in [-0.05, 0) is 102 Å². The molecule has 48 heavy (non-hydrogen) atoms. The molecule has 6 aliphatic rings. The normalized spacial score (nSPS) is 47.8. The van der Waals surface area contributed by atoms with E-state index in [0.29, 0.717) is 44.6 Å². The number of rotatable bonds is 9. The maximum absolute atomic E-state index is 14.3. The zero-order valence-corrected chi connectivity index (χ0v) is 29.2. The van der Waals surface area contributed by atoms with Crippen LogP contribution in [0.5, 0.6) is 0 Å². The zero-order chi connectivity index (χ0) is 34.6. The molecule has 9 nitrogen and oxygen atoms in total. The molecular formula is C36H57F3O9. The van der Waals surface area contributed by atoms with Gasteiger partial charge in [-0.2, -0.15) is 13.2 Å². The van der Waals surface area contributed by atoms with Crippen LogP contribution in [-0.4, -0.2) is 83.3 Å². The lowest BCUT2D eigenvalue weighted by Crippen LogP contribution is -2.66. The summed E-state index contributed by atoms with van der Waals surface area (Å²) in [5.41, 5.74) is -2.79. The van der Waals surface area contributed by atoms with Gasteiger partial charge < -0.3 is 43.7 Å². The average Bonchev–Trinajstić information content (AvgIpc) is 3.19. The summed E-state index contributed by atoms with van der Waals surface area (Å²) in [6, 6.07) is 0. The molecule has 0 aromatic carbocycles. The fourth-order valence-corrected chi connectivity index (χ4v) is 10.2. The second-order valence-corrected chi connectivity index (χ2v) is 16.1. The van der Waals surface area contributed by atoms with Gasteiger partial charge in [-0.3, -0.25) is 0 Å². The molecule has 2 saturated carbocycles. The smallest absolute Gasteiger partial charge is 0.449 e. The van der Waals surface area contributed by atoms with Crippen molar-refractivity contribution in [1.29, 1.82) is 0 Å². The second-order valence-electron chi connectivity index (χ2n) is 16.1. The van der Waals surface area contributed by atoms with E-state index in [1.807, 2.05) is 13.8 Å². The number of unbranched alkanes of at least 4 members (excludes halogenated alkanes) is 2. The minimum Gasteiger partial charge on any atom is -0.456 e. The molecule has 6 rings (SSSR count). The van der Waals surface area contributed by atoms with Gasteiger partial charge in [0.05, 0.1) is 12.7 Å². The van der Waals surface area contributed by atoms with Crippen LogP contribution >= 0.6 is 0 Å². The summed E-state index contributed by atoms with van der Waals surface area (Å²) in [6.45, 7) is 10.1. The number of allylic oxidation sites excluding steroid dienone is 1. The van der Waals surface area contributed by atoms with Gasteiger partial charge in [0.1, 0.15) is 11.2 Å². The van der Waals surface area contributed by atoms with Crippen molar-refractivity contribution in [2.24, 2.45) is 41.4 Å². The van der Waals surface area contributed by atoms with E-state index >= 15 is 0 Å². The molecule has 10 unspecified atom stereocenters. The summed E-state index contributed by atoms with van der Waals surface area (Å²) in [4.78, 5) is 0. The molecule has 14 atom stereocenters. The van der Waals surface area contributed by atoms with Gasteiger partial charge in [-0.25, -0.2) is 0 Å². The molecule has 0 radical (unpaired) electrons. The minimum atomic E-state index is -4.80. The SMILES string of the molecule is CC1CCC2[C@H](C)CC[C@H]3C(C)C(OCCCCCOCC4=C(C(F)(F)F)OC5O[C@@](C)(O)CCC6C(C)CCC4C56O)OC(O1)[C@@]23O. The molecule has 0 spiro atoms. The van der Waals surface area contributed by atoms with Crippen LogP contribution in [0, 0.1) is 41.4 Å². The van der Waals surface area contributed by atoms with Crippen molar-refractivity contribution in [2.45, 2.75) is 153 Å². The Balaban J connectivity index is 1.02. The molecule has 3 saturated heterocycles. The molecule has 276 valence electrons. The van der Waals surface area contributed by atoms with Crippen molar-refractivity contribution in [3.8, 4) is 0 Å². The highest BCUT2D eigenvalue weighted by atomic mass is 19.4. The van der Waals surface area contributed by atoms with Gasteiger partial charge >= 0.3 is 6.18 Å². The van der Waals surface area contributed by atoms with Gasteiger partial charge in [0.25, 0.3) is 0 Å². The lowest BCUT2D eigenvalue weighted by molar-refractivity contribution is -0.382. The van der Waals surface area contributed by atoms with Crippen LogP contribution in [0.15, 0.2) is 11.3 Å². The number of hydrogen-bond acceptors (Lipinski definition) is 9. The zero-order valence-electron chi connectivity index (χ0n) is 29.2. The highest BCUT2D eigenvalue weighted by Crippen LogP contribution is 2.57. The summed E-state index contributed by atoms with van der Waals surface area (Å²) in [7, 11) is 0. The standard InChI is InChI=1S/C36H57F3O9/c1-20-9-12-27-23(4)30(47-31-34(27,41)25(20)14-11-22(3)45-31)44-18-8-6-7-17-43-19-24-28-13-10-21(2)26-15-16-33(5,40)48-32(35(26,28)42)46-29(24)36(37,38)39/h20-23,25-28,30-32,40-42H,6-19H2,1-5H3/t20-,21?,22?,23?,25?,26?,27+,28?,30?,31?,32?,33-,34-,35?/m1/s1. The predicted molar refractivity (Wildman–Crippen MR) is 168 cm³/mol. The monoisotopic (exact) mass is 690 g/mol. The third-order valence-corrected chi connectivity index (χ3v) is 12.8. The van der Waals surface area contributed by atoms with Gasteiger partial charge in [0, 0.05) is 43.0 Å². The van der Waals surface area contributed by atoms with Crippen LogP contribution < -0.4 is 0 Å². The van der Waals surface area contributed by atoms with Gasteiger partial charge in [0.2, 0.25) is 12.0 Å². The number of alkyl halides is 3. The maximum atomic E-state index is 14.3. The summed E-state index contributed by atoms with van der Waals surface area (Å²) in [5, 5.41) is 34.7. The molecule has 0 bridgehead atoms. The summed E-state index contributed by atoms with van der Waals surface area (Å²) in [5.74, 6) is -3.49. The van der Waals surface area contributed by atoms with Crippen molar-refractivity contribution in [3.63, 3.8) is 0 Å². The number of halogens is 3. The van der Waals surface area contributed by atoms with E-state index < -0.39 is 53.7 Å². The molecular weight excluding hydrogens is 633 g/mol. The first-order chi connectivity index (χ1) is 22.6. The largest absolute Gasteiger partial charge is 0.456 e. The van der Waals surface area contributed by atoms with Crippen LogP contribution in [0.2, 0.25) is 0 Å². The van der Waals surface area contributed by atoms with E-state index in [4.69, 9.17) is 28.4 Å². The van der Waals surface area contributed by atoms with E-state index in [9.17, 15) is 28.5 Å². The highest BCUT2D eigenvalue weighted by Gasteiger charge is 2.65. The Morgan fingerprint density at radius 1 is 0.771 bits per heavy atom. The predicted octanol–water partition coefficient (Wildman–Crippen LogP) is 6.19. The lowest BCUT2D eigenvalue weighted by atomic mass is 9.58. The average molecular weight is 691 g/mol.